The van der Waals surface area contributed by atoms with E-state index in [0.717, 1.165) is 12.8 Å². The molecule has 0 aromatic carbocycles. The van der Waals surface area contributed by atoms with Crippen molar-refractivity contribution in [2.45, 2.75) is 38.3 Å². The van der Waals surface area contributed by atoms with Gasteiger partial charge in [-0.3, -0.25) is 4.79 Å². The van der Waals surface area contributed by atoms with Gasteiger partial charge >= 0.3 is 0 Å². The number of rotatable bonds is 3. The Bertz CT molecular complexity index is 163. The van der Waals surface area contributed by atoms with Gasteiger partial charge in [0.15, 0.2) is 0 Å². The Kier molecular flexibility index (Phi) is 2.18. The molecular formula is C8H15NO2. The van der Waals surface area contributed by atoms with Gasteiger partial charge in [-0.15, -0.1) is 0 Å². The maximum atomic E-state index is 11.2. The highest BCUT2D eigenvalue weighted by atomic mass is 16.5. The number of nitrogens with one attached hydrogen (secondary N) is 1. The normalized spacial score (nSPS) is 22.5. The molecule has 64 valence electrons. The molecule has 0 bridgehead atoms. The molecule has 1 saturated carbocycles. The smallest absolute Gasteiger partial charge is 0.249 e. The van der Waals surface area contributed by atoms with Gasteiger partial charge < -0.3 is 10.1 Å². The van der Waals surface area contributed by atoms with Crippen LogP contribution in [0.5, 0.6) is 0 Å². The molecule has 1 aliphatic carbocycles. The molecule has 0 aromatic heterocycles. The predicted octanol–water partition coefficient (Wildman–Crippen LogP) is 0.690. The van der Waals surface area contributed by atoms with Crippen molar-refractivity contribution < 1.29 is 9.53 Å². The van der Waals surface area contributed by atoms with Crippen LogP contribution in [-0.4, -0.2) is 24.7 Å². The number of ether oxygens (including phenoxy) is 1. The fourth-order valence-corrected chi connectivity index (χ4v) is 0.819. The topological polar surface area (TPSA) is 38.3 Å². The summed E-state index contributed by atoms with van der Waals surface area (Å²) in [6.45, 7) is 3.80. The van der Waals surface area contributed by atoms with Crippen LogP contribution in [0.4, 0.5) is 0 Å². The third kappa shape index (κ3) is 2.19. The number of carbonyl (C=O) groups is 1. The van der Waals surface area contributed by atoms with Crippen molar-refractivity contribution in [3.05, 3.63) is 0 Å². The van der Waals surface area contributed by atoms with Crippen LogP contribution in [0, 0.1) is 0 Å². The second-order valence-electron chi connectivity index (χ2n) is 3.43. The van der Waals surface area contributed by atoms with Crippen molar-refractivity contribution in [3.8, 4) is 0 Å². The maximum Gasteiger partial charge on any atom is 0.249 e. The van der Waals surface area contributed by atoms with Crippen LogP contribution in [0.15, 0.2) is 0 Å². The quantitative estimate of drug-likeness (QED) is 0.654. The van der Waals surface area contributed by atoms with Crippen molar-refractivity contribution in [1.82, 2.24) is 5.32 Å². The molecule has 1 fully saturated rings. The van der Waals surface area contributed by atoms with E-state index in [1.807, 2.05) is 6.92 Å². The third-order valence-corrected chi connectivity index (χ3v) is 2.15. The van der Waals surface area contributed by atoms with Gasteiger partial charge in [0, 0.05) is 12.6 Å². The van der Waals surface area contributed by atoms with Crippen LogP contribution in [0.25, 0.3) is 0 Å². The first-order chi connectivity index (χ1) is 5.07. The molecule has 0 radical (unpaired) electrons. The molecule has 1 unspecified atom stereocenters. The lowest BCUT2D eigenvalue weighted by Crippen LogP contribution is -2.40. The average Bonchev–Trinajstić information content (AvgIpc) is 2.66. The third-order valence-electron chi connectivity index (χ3n) is 2.15. The SMILES string of the molecule is COC(C)C(=O)NC1(C)CC1. The van der Waals surface area contributed by atoms with Gasteiger partial charge in [0.25, 0.3) is 0 Å². The molecule has 0 aromatic rings. The molecule has 0 saturated heterocycles. The molecule has 1 atom stereocenters. The van der Waals surface area contributed by atoms with Gasteiger partial charge in [0.2, 0.25) is 5.91 Å². The van der Waals surface area contributed by atoms with Crippen LogP contribution in [-0.2, 0) is 9.53 Å². The van der Waals surface area contributed by atoms with E-state index in [2.05, 4.69) is 5.32 Å². The molecule has 0 heterocycles. The lowest BCUT2D eigenvalue weighted by Gasteiger charge is -2.14. The van der Waals surface area contributed by atoms with Crippen molar-refractivity contribution in [2.75, 3.05) is 7.11 Å². The number of amides is 1. The minimum Gasteiger partial charge on any atom is -0.372 e. The predicted molar refractivity (Wildman–Crippen MR) is 42.3 cm³/mol. The number of methoxy groups -OCH3 is 1. The van der Waals surface area contributed by atoms with E-state index < -0.39 is 0 Å². The van der Waals surface area contributed by atoms with Crippen LogP contribution < -0.4 is 5.32 Å². The zero-order valence-electron chi connectivity index (χ0n) is 7.31. The van der Waals surface area contributed by atoms with Crippen LogP contribution in [0.1, 0.15) is 26.7 Å². The summed E-state index contributed by atoms with van der Waals surface area (Å²) in [5.41, 5.74) is 0.0733. The Labute approximate surface area is 67.1 Å². The van der Waals surface area contributed by atoms with Crippen LogP contribution in [0.3, 0.4) is 0 Å². The number of hydrogen-bond donors (Lipinski definition) is 1. The molecule has 11 heavy (non-hydrogen) atoms. The highest BCUT2D eigenvalue weighted by Crippen LogP contribution is 2.34. The first-order valence-electron chi connectivity index (χ1n) is 3.92. The summed E-state index contributed by atoms with van der Waals surface area (Å²) in [6, 6.07) is 0. The summed E-state index contributed by atoms with van der Waals surface area (Å²) in [5.74, 6) is -0.00694. The summed E-state index contributed by atoms with van der Waals surface area (Å²) >= 11 is 0. The van der Waals surface area contributed by atoms with E-state index in [1.165, 1.54) is 0 Å². The van der Waals surface area contributed by atoms with Gasteiger partial charge in [-0.05, 0) is 26.7 Å². The standard InChI is InChI=1S/C8H15NO2/c1-6(11-3)7(10)9-8(2)4-5-8/h6H,4-5H2,1-3H3,(H,9,10). The maximum absolute atomic E-state index is 11.2. The molecule has 3 nitrogen and oxygen atoms in total. The van der Waals surface area contributed by atoms with E-state index >= 15 is 0 Å². The van der Waals surface area contributed by atoms with E-state index in [9.17, 15) is 4.79 Å². The summed E-state index contributed by atoms with van der Waals surface area (Å²) in [5, 5.41) is 2.92. The summed E-state index contributed by atoms with van der Waals surface area (Å²) < 4.78 is 4.87. The minimum absolute atomic E-state index is 0.00694. The number of carbonyl (C=O) groups excluding carboxylic acids is 1. The first-order valence-corrected chi connectivity index (χ1v) is 3.92. The second kappa shape index (κ2) is 2.81. The molecule has 1 rings (SSSR count). The average molecular weight is 157 g/mol. The van der Waals surface area contributed by atoms with E-state index in [0.29, 0.717) is 0 Å². The molecule has 3 heteroatoms. The van der Waals surface area contributed by atoms with E-state index in [-0.39, 0.29) is 17.6 Å². The summed E-state index contributed by atoms with van der Waals surface area (Å²) in [7, 11) is 1.54. The van der Waals surface area contributed by atoms with Gasteiger partial charge in [-0.25, -0.2) is 0 Å². The van der Waals surface area contributed by atoms with Crippen LogP contribution in [0.2, 0.25) is 0 Å². The lowest BCUT2D eigenvalue weighted by molar-refractivity contribution is -0.130. The molecule has 1 N–H and O–H groups in total. The van der Waals surface area contributed by atoms with E-state index in [4.69, 9.17) is 4.74 Å². The second-order valence-corrected chi connectivity index (χ2v) is 3.43. The number of hydrogen-bond acceptors (Lipinski definition) is 2. The van der Waals surface area contributed by atoms with Crippen molar-refractivity contribution in [3.63, 3.8) is 0 Å². The summed E-state index contributed by atoms with van der Waals surface area (Å²) in [4.78, 5) is 11.2. The van der Waals surface area contributed by atoms with Gasteiger partial charge in [0.05, 0.1) is 0 Å². The Balaban J connectivity index is 2.31. The fourth-order valence-electron chi connectivity index (χ4n) is 0.819. The Morgan fingerprint density at radius 1 is 1.64 bits per heavy atom. The Hall–Kier alpha value is -0.570. The zero-order chi connectivity index (χ0) is 8.48. The Morgan fingerprint density at radius 3 is 2.55 bits per heavy atom. The fraction of sp³-hybridized carbons (Fsp3) is 0.875. The van der Waals surface area contributed by atoms with Crippen molar-refractivity contribution in [1.29, 1.82) is 0 Å². The summed E-state index contributed by atoms with van der Waals surface area (Å²) in [6.07, 6.45) is 1.86. The van der Waals surface area contributed by atoms with Gasteiger partial charge in [-0.2, -0.15) is 0 Å². The Morgan fingerprint density at radius 2 is 2.18 bits per heavy atom. The molecule has 1 amide bonds. The lowest BCUT2D eigenvalue weighted by atomic mass is 10.3. The van der Waals surface area contributed by atoms with E-state index in [1.54, 1.807) is 14.0 Å². The van der Waals surface area contributed by atoms with Crippen molar-refractivity contribution in [2.24, 2.45) is 0 Å². The molecule has 1 aliphatic rings. The highest BCUT2D eigenvalue weighted by molar-refractivity contribution is 5.81. The highest BCUT2D eigenvalue weighted by Gasteiger charge is 2.39. The zero-order valence-corrected chi connectivity index (χ0v) is 7.31. The van der Waals surface area contributed by atoms with Crippen molar-refractivity contribution >= 4 is 5.91 Å². The molecule has 0 aliphatic heterocycles. The first kappa shape index (κ1) is 8.53. The van der Waals surface area contributed by atoms with Gasteiger partial charge in [-0.1, -0.05) is 0 Å². The molecule has 0 spiro atoms. The largest absolute Gasteiger partial charge is 0.372 e. The van der Waals surface area contributed by atoms with Gasteiger partial charge in [0.1, 0.15) is 6.10 Å². The molecular weight excluding hydrogens is 142 g/mol. The minimum atomic E-state index is -0.326. The monoisotopic (exact) mass is 157 g/mol. The van der Waals surface area contributed by atoms with Crippen LogP contribution >= 0.6 is 0 Å².